The molecule has 2 fully saturated rings. The van der Waals surface area contributed by atoms with Crippen molar-refractivity contribution in [3.63, 3.8) is 0 Å². The molecule has 1 aromatic carbocycles. The van der Waals surface area contributed by atoms with Crippen LogP contribution in [0.2, 0.25) is 0 Å². The number of ketones is 1. The number of benzene rings is 1. The molecular formula is C27H29F3N4O4. The van der Waals surface area contributed by atoms with Crippen molar-refractivity contribution in [2.45, 2.75) is 76.5 Å². The Labute approximate surface area is 217 Å². The number of hydrogen-bond donors (Lipinski definition) is 1. The molecule has 0 spiro atoms. The Kier molecular flexibility index (Phi) is 6.87. The summed E-state index contributed by atoms with van der Waals surface area (Å²) in [5.41, 5.74) is 0.268. The molecule has 1 aliphatic heterocycles. The van der Waals surface area contributed by atoms with Gasteiger partial charge in [-0.15, -0.1) is 5.10 Å². The van der Waals surface area contributed by atoms with Crippen LogP contribution in [0, 0.1) is 18.8 Å². The summed E-state index contributed by atoms with van der Waals surface area (Å²) in [7, 11) is 0. The first-order valence-electron chi connectivity index (χ1n) is 12.8. The molecule has 11 heteroatoms. The number of carbonyl (C=O) groups is 2. The zero-order valence-electron chi connectivity index (χ0n) is 21.0. The van der Waals surface area contributed by atoms with Gasteiger partial charge in [-0.05, 0) is 55.7 Å². The summed E-state index contributed by atoms with van der Waals surface area (Å²) in [6.45, 7) is 1.87. The maximum atomic E-state index is 13.4. The van der Waals surface area contributed by atoms with Gasteiger partial charge in [-0.2, -0.15) is 18.2 Å². The van der Waals surface area contributed by atoms with Crippen LogP contribution in [0.25, 0.3) is 5.78 Å². The summed E-state index contributed by atoms with van der Waals surface area (Å²) in [5.74, 6) is -1.57. The topological polar surface area (TPSA) is 107 Å². The lowest BCUT2D eigenvalue weighted by Gasteiger charge is -2.43. The number of carbonyl (C=O) groups excluding carboxylic acids is 2. The van der Waals surface area contributed by atoms with Gasteiger partial charge in [0.15, 0.2) is 11.6 Å². The number of cyclic esters (lactones) is 1. The molecule has 3 heterocycles. The van der Waals surface area contributed by atoms with Crippen molar-refractivity contribution >= 4 is 17.5 Å². The summed E-state index contributed by atoms with van der Waals surface area (Å²) in [5, 5.41) is 14.2. The van der Waals surface area contributed by atoms with Gasteiger partial charge >= 0.3 is 12.1 Å². The number of rotatable bonds is 7. The van der Waals surface area contributed by atoms with Gasteiger partial charge in [-0.1, -0.05) is 25.0 Å². The average molecular weight is 531 g/mol. The quantitative estimate of drug-likeness (QED) is 0.355. The molecule has 0 bridgehead atoms. The molecule has 5 rings (SSSR count). The number of nitrogens with zero attached hydrogens (tertiary/aromatic N) is 4. The van der Waals surface area contributed by atoms with Crippen molar-refractivity contribution in [2.24, 2.45) is 11.8 Å². The second-order valence-corrected chi connectivity index (χ2v) is 10.5. The van der Waals surface area contributed by atoms with Crippen molar-refractivity contribution < 1.29 is 32.6 Å². The second kappa shape index (κ2) is 9.99. The Morgan fingerprint density at radius 3 is 2.68 bits per heavy atom. The Balaban J connectivity index is 1.34. The average Bonchev–Trinajstić information content (AvgIpc) is 3.51. The third-order valence-corrected chi connectivity index (χ3v) is 7.67. The van der Waals surface area contributed by atoms with Gasteiger partial charge in [-0.3, -0.25) is 9.59 Å². The number of hydrogen-bond acceptors (Lipinski definition) is 7. The van der Waals surface area contributed by atoms with Crippen LogP contribution in [0.4, 0.5) is 13.2 Å². The van der Waals surface area contributed by atoms with Crippen molar-refractivity contribution in [1.29, 1.82) is 0 Å². The predicted octanol–water partition coefficient (Wildman–Crippen LogP) is 4.48. The van der Waals surface area contributed by atoms with Gasteiger partial charge in [0.2, 0.25) is 0 Å². The lowest BCUT2D eigenvalue weighted by Crippen LogP contribution is -2.52. The van der Waals surface area contributed by atoms with Gasteiger partial charge in [-0.25, -0.2) is 9.50 Å². The highest BCUT2D eigenvalue weighted by atomic mass is 19.4. The molecule has 2 unspecified atom stereocenters. The van der Waals surface area contributed by atoms with Gasteiger partial charge < -0.3 is 9.84 Å². The number of phenols is 1. The zero-order valence-corrected chi connectivity index (χ0v) is 21.0. The molecule has 1 N–H and O–H groups in total. The Morgan fingerprint density at radius 1 is 1.21 bits per heavy atom. The summed E-state index contributed by atoms with van der Waals surface area (Å²) < 4.78 is 46.4. The molecule has 1 saturated carbocycles. The summed E-state index contributed by atoms with van der Waals surface area (Å²) >= 11 is 0. The Hall–Kier alpha value is -3.50. The van der Waals surface area contributed by atoms with E-state index in [0.717, 1.165) is 31.2 Å². The molecule has 1 saturated heterocycles. The molecule has 2 atom stereocenters. The van der Waals surface area contributed by atoms with Crippen molar-refractivity contribution in [3.8, 4) is 5.75 Å². The second-order valence-electron chi connectivity index (χ2n) is 10.5. The van der Waals surface area contributed by atoms with Gasteiger partial charge in [0.1, 0.15) is 17.3 Å². The van der Waals surface area contributed by atoms with E-state index in [1.54, 1.807) is 18.5 Å². The van der Waals surface area contributed by atoms with Gasteiger partial charge in [0.05, 0.1) is 6.42 Å². The Bertz CT molecular complexity index is 1350. The lowest BCUT2D eigenvalue weighted by atomic mass is 9.73. The number of ether oxygens (including phenoxy) is 1. The summed E-state index contributed by atoms with van der Waals surface area (Å²) in [6, 6.07) is 4.16. The third-order valence-electron chi connectivity index (χ3n) is 7.67. The van der Waals surface area contributed by atoms with E-state index in [4.69, 9.17) is 4.74 Å². The number of phenolic OH excluding ortho intramolecular Hbond substituents is 1. The number of alkyl halides is 3. The van der Waals surface area contributed by atoms with Crippen molar-refractivity contribution in [3.05, 3.63) is 53.1 Å². The normalized spacial score (nSPS) is 22.8. The fourth-order valence-corrected chi connectivity index (χ4v) is 5.77. The summed E-state index contributed by atoms with van der Waals surface area (Å²) in [6.07, 6.45) is 1.98. The van der Waals surface area contributed by atoms with Crippen LogP contribution in [0.3, 0.4) is 0 Å². The lowest BCUT2D eigenvalue weighted by molar-refractivity contribution is -0.185. The highest BCUT2D eigenvalue weighted by molar-refractivity contribution is 6.01. The number of esters is 1. The monoisotopic (exact) mass is 530 g/mol. The van der Waals surface area contributed by atoms with E-state index in [9.17, 15) is 27.9 Å². The molecule has 8 nitrogen and oxygen atoms in total. The smallest absolute Gasteiger partial charge is 0.393 e. The van der Waals surface area contributed by atoms with E-state index in [2.05, 4.69) is 15.1 Å². The van der Waals surface area contributed by atoms with Crippen LogP contribution in [-0.2, 0) is 33.6 Å². The maximum absolute atomic E-state index is 13.4. The highest BCUT2D eigenvalue weighted by Gasteiger charge is 2.51. The van der Waals surface area contributed by atoms with E-state index >= 15 is 0 Å². The fraction of sp³-hybridized carbons (Fsp3) is 0.519. The molecule has 3 aromatic rings. The first-order chi connectivity index (χ1) is 18.0. The minimum Gasteiger partial charge on any atom is -0.508 e. The molecule has 2 aliphatic rings. The number of aryl methyl sites for hydroxylation is 2. The van der Waals surface area contributed by atoms with E-state index in [1.807, 2.05) is 6.92 Å². The molecule has 202 valence electrons. The van der Waals surface area contributed by atoms with E-state index in [1.165, 1.54) is 16.6 Å². The number of aromatic nitrogens is 4. The largest absolute Gasteiger partial charge is 0.508 e. The van der Waals surface area contributed by atoms with Gasteiger partial charge in [0, 0.05) is 30.8 Å². The third kappa shape index (κ3) is 5.51. The molecule has 0 radical (unpaired) electrons. The minimum absolute atomic E-state index is 0.00334. The SMILES string of the molecule is Cc1cnc2nc(CC3C(=O)CC(CCc4ccc(O)c(CC(F)(F)F)c4)(C4CCCC4)OC3=O)nn2c1. The van der Waals surface area contributed by atoms with Crippen molar-refractivity contribution in [2.75, 3.05) is 0 Å². The minimum atomic E-state index is -4.45. The van der Waals surface area contributed by atoms with Crippen LogP contribution < -0.4 is 0 Å². The van der Waals surface area contributed by atoms with E-state index in [0.29, 0.717) is 30.0 Å². The predicted molar refractivity (Wildman–Crippen MR) is 129 cm³/mol. The molecule has 2 aromatic heterocycles. The van der Waals surface area contributed by atoms with Crippen molar-refractivity contribution in [1.82, 2.24) is 19.6 Å². The van der Waals surface area contributed by atoms with Crippen LogP contribution in [0.1, 0.15) is 61.0 Å². The number of fused-ring (bicyclic) bond motifs is 1. The van der Waals surface area contributed by atoms with Crippen LogP contribution >= 0.6 is 0 Å². The molecule has 38 heavy (non-hydrogen) atoms. The Morgan fingerprint density at radius 2 is 1.97 bits per heavy atom. The zero-order chi connectivity index (χ0) is 27.1. The number of Topliss-reactive ketones (excluding diaryl/α,β-unsaturated/α-hetero) is 1. The van der Waals surface area contributed by atoms with Crippen LogP contribution in [-0.4, -0.2) is 48.2 Å². The molecule has 0 amide bonds. The van der Waals surface area contributed by atoms with E-state index in [-0.39, 0.29) is 30.1 Å². The number of halogens is 3. The molecule has 1 aliphatic carbocycles. The van der Waals surface area contributed by atoms with Gasteiger partial charge in [0.25, 0.3) is 5.78 Å². The first-order valence-corrected chi connectivity index (χ1v) is 12.8. The van der Waals surface area contributed by atoms with E-state index < -0.39 is 35.8 Å². The molecular weight excluding hydrogens is 501 g/mol. The summed E-state index contributed by atoms with van der Waals surface area (Å²) in [4.78, 5) is 35.1. The number of aromatic hydroxyl groups is 1. The van der Waals surface area contributed by atoms with Crippen LogP contribution in [0.5, 0.6) is 5.75 Å². The highest BCUT2D eigenvalue weighted by Crippen LogP contribution is 2.45. The fourth-order valence-electron chi connectivity index (χ4n) is 5.77. The van der Waals surface area contributed by atoms with Crippen LogP contribution in [0.15, 0.2) is 30.6 Å². The standard InChI is InChI=1S/C27H29F3N4O4/c1-16-14-31-25-32-23(33-34(25)15-16)11-20-22(36)13-26(38-24(20)37,19-4-2-3-5-19)9-8-17-6-7-21(35)18(10-17)12-27(28,29)30/h6-7,10,14-15,19-20,35H,2-5,8-9,11-13H2,1H3. The maximum Gasteiger partial charge on any atom is 0.393 e. The first kappa shape index (κ1) is 26.1.